The second-order valence-corrected chi connectivity index (χ2v) is 4.30. The SMILES string of the molecule is COC(C(=O)NCC(O)c1ccco1)c1ccccc1. The standard InChI is InChI=1S/C15H17NO4/c1-19-14(11-6-3-2-4-7-11)15(18)16-10-12(17)13-8-5-9-20-13/h2-9,12,14,17H,10H2,1H3,(H,16,18). The number of carbonyl (C=O) groups excluding carboxylic acids is 1. The Morgan fingerprint density at radius 1 is 1.30 bits per heavy atom. The van der Waals surface area contributed by atoms with E-state index in [2.05, 4.69) is 5.32 Å². The highest BCUT2D eigenvalue weighted by molar-refractivity contribution is 5.82. The minimum absolute atomic E-state index is 0.0685. The summed E-state index contributed by atoms with van der Waals surface area (Å²) < 4.78 is 10.3. The van der Waals surface area contributed by atoms with Crippen LogP contribution in [0.3, 0.4) is 0 Å². The fourth-order valence-electron chi connectivity index (χ4n) is 1.89. The largest absolute Gasteiger partial charge is 0.467 e. The molecule has 2 aromatic rings. The van der Waals surface area contributed by atoms with Gasteiger partial charge in [-0.05, 0) is 17.7 Å². The van der Waals surface area contributed by atoms with Gasteiger partial charge in [-0.2, -0.15) is 0 Å². The van der Waals surface area contributed by atoms with E-state index in [1.54, 1.807) is 12.1 Å². The van der Waals surface area contributed by atoms with Crippen molar-refractivity contribution in [1.29, 1.82) is 0 Å². The van der Waals surface area contributed by atoms with Gasteiger partial charge >= 0.3 is 0 Å². The summed E-state index contributed by atoms with van der Waals surface area (Å²) in [6.07, 6.45) is -0.0929. The molecule has 20 heavy (non-hydrogen) atoms. The summed E-state index contributed by atoms with van der Waals surface area (Å²) in [7, 11) is 1.47. The lowest BCUT2D eigenvalue weighted by Crippen LogP contribution is -2.33. The maximum Gasteiger partial charge on any atom is 0.253 e. The number of methoxy groups -OCH3 is 1. The number of ether oxygens (including phenoxy) is 1. The zero-order chi connectivity index (χ0) is 14.4. The number of nitrogens with one attached hydrogen (secondary N) is 1. The summed E-state index contributed by atoms with van der Waals surface area (Å²) in [5.41, 5.74) is 0.764. The Morgan fingerprint density at radius 2 is 2.05 bits per heavy atom. The maximum atomic E-state index is 12.1. The van der Waals surface area contributed by atoms with Gasteiger partial charge in [0.25, 0.3) is 5.91 Å². The predicted molar refractivity (Wildman–Crippen MR) is 72.9 cm³/mol. The fourth-order valence-corrected chi connectivity index (χ4v) is 1.89. The highest BCUT2D eigenvalue weighted by Gasteiger charge is 2.21. The van der Waals surface area contributed by atoms with Crippen LogP contribution in [0.15, 0.2) is 53.1 Å². The zero-order valence-corrected chi connectivity index (χ0v) is 11.2. The molecule has 0 bridgehead atoms. The van der Waals surface area contributed by atoms with Crippen molar-refractivity contribution in [1.82, 2.24) is 5.32 Å². The van der Waals surface area contributed by atoms with Gasteiger partial charge in [-0.25, -0.2) is 0 Å². The maximum absolute atomic E-state index is 12.1. The van der Waals surface area contributed by atoms with Gasteiger partial charge < -0.3 is 19.6 Å². The topological polar surface area (TPSA) is 71.7 Å². The molecule has 1 heterocycles. The fraction of sp³-hybridized carbons (Fsp3) is 0.267. The van der Waals surface area contributed by atoms with Crippen molar-refractivity contribution in [3.8, 4) is 0 Å². The third-order valence-corrected chi connectivity index (χ3v) is 2.92. The summed E-state index contributed by atoms with van der Waals surface area (Å²) in [5, 5.41) is 12.5. The molecule has 2 N–H and O–H groups in total. The van der Waals surface area contributed by atoms with Crippen LogP contribution >= 0.6 is 0 Å². The Labute approximate surface area is 117 Å². The first-order valence-electron chi connectivity index (χ1n) is 6.29. The molecule has 0 saturated heterocycles. The lowest BCUT2D eigenvalue weighted by molar-refractivity contribution is -0.132. The first kappa shape index (κ1) is 14.3. The van der Waals surface area contributed by atoms with E-state index < -0.39 is 12.2 Å². The van der Waals surface area contributed by atoms with Gasteiger partial charge in [-0.15, -0.1) is 0 Å². The van der Waals surface area contributed by atoms with Crippen LogP contribution in [0.4, 0.5) is 0 Å². The van der Waals surface area contributed by atoms with Crippen LogP contribution in [0, 0.1) is 0 Å². The first-order valence-corrected chi connectivity index (χ1v) is 6.29. The van der Waals surface area contributed by atoms with Gasteiger partial charge in [0.2, 0.25) is 0 Å². The molecule has 5 nitrogen and oxygen atoms in total. The predicted octanol–water partition coefficient (Wildman–Crippen LogP) is 1.82. The molecular weight excluding hydrogens is 258 g/mol. The smallest absolute Gasteiger partial charge is 0.253 e. The van der Waals surface area contributed by atoms with E-state index in [0.717, 1.165) is 5.56 Å². The van der Waals surface area contributed by atoms with Crippen molar-refractivity contribution in [3.63, 3.8) is 0 Å². The summed E-state index contributed by atoms with van der Waals surface area (Å²) in [6, 6.07) is 12.5. The quantitative estimate of drug-likeness (QED) is 0.843. The van der Waals surface area contributed by atoms with Crippen molar-refractivity contribution in [2.24, 2.45) is 0 Å². The number of aliphatic hydroxyl groups excluding tert-OH is 1. The van der Waals surface area contributed by atoms with Crippen molar-refractivity contribution >= 4 is 5.91 Å². The van der Waals surface area contributed by atoms with Gasteiger partial charge in [-0.3, -0.25) is 4.79 Å². The first-order chi connectivity index (χ1) is 9.72. The van der Waals surface area contributed by atoms with Crippen LogP contribution in [0.1, 0.15) is 23.5 Å². The molecule has 0 aliphatic rings. The summed E-state index contributed by atoms with van der Waals surface area (Å²) in [4.78, 5) is 12.1. The molecule has 0 radical (unpaired) electrons. The molecular formula is C15H17NO4. The monoisotopic (exact) mass is 275 g/mol. The second kappa shape index (κ2) is 6.88. The van der Waals surface area contributed by atoms with Crippen LogP contribution in [0.5, 0.6) is 0 Å². The Morgan fingerprint density at radius 3 is 2.65 bits per heavy atom. The molecule has 2 atom stereocenters. The minimum atomic E-state index is -0.873. The number of hydrogen-bond acceptors (Lipinski definition) is 4. The van der Waals surface area contributed by atoms with E-state index in [9.17, 15) is 9.90 Å². The number of carbonyl (C=O) groups is 1. The Kier molecular flexibility index (Phi) is 4.92. The van der Waals surface area contributed by atoms with Gasteiger partial charge in [0.1, 0.15) is 11.9 Å². The molecule has 0 saturated carbocycles. The second-order valence-electron chi connectivity index (χ2n) is 4.30. The third-order valence-electron chi connectivity index (χ3n) is 2.92. The number of benzene rings is 1. The van der Waals surface area contributed by atoms with Crippen LogP contribution in [0.2, 0.25) is 0 Å². The van der Waals surface area contributed by atoms with Crippen molar-refractivity contribution in [2.75, 3.05) is 13.7 Å². The normalized spacial score (nSPS) is 13.7. The highest BCUT2D eigenvalue weighted by Crippen LogP contribution is 2.17. The van der Waals surface area contributed by atoms with E-state index in [0.29, 0.717) is 5.76 Å². The molecule has 2 unspecified atom stereocenters. The molecule has 5 heteroatoms. The molecule has 0 aliphatic heterocycles. The molecule has 0 aliphatic carbocycles. The lowest BCUT2D eigenvalue weighted by atomic mass is 10.1. The average Bonchev–Trinajstić information content (AvgIpc) is 3.01. The van der Waals surface area contributed by atoms with Crippen LogP contribution in [-0.4, -0.2) is 24.7 Å². The summed E-state index contributed by atoms with van der Waals surface area (Å²) >= 11 is 0. The van der Waals surface area contributed by atoms with Gasteiger partial charge in [-0.1, -0.05) is 30.3 Å². The van der Waals surface area contributed by atoms with E-state index in [1.807, 2.05) is 30.3 Å². The van der Waals surface area contributed by atoms with Crippen LogP contribution in [-0.2, 0) is 9.53 Å². The van der Waals surface area contributed by atoms with Gasteiger partial charge in [0.15, 0.2) is 6.10 Å². The van der Waals surface area contributed by atoms with Crippen molar-refractivity contribution in [3.05, 3.63) is 60.1 Å². The summed E-state index contributed by atoms with van der Waals surface area (Å²) in [5.74, 6) is 0.114. The van der Waals surface area contributed by atoms with Crippen LogP contribution < -0.4 is 5.32 Å². The zero-order valence-electron chi connectivity index (χ0n) is 11.2. The molecule has 1 aromatic heterocycles. The number of amides is 1. The summed E-state index contributed by atoms with van der Waals surface area (Å²) in [6.45, 7) is 0.0685. The minimum Gasteiger partial charge on any atom is -0.467 e. The number of hydrogen-bond donors (Lipinski definition) is 2. The molecule has 106 valence electrons. The Balaban J connectivity index is 1.93. The molecule has 0 fully saturated rings. The molecule has 2 rings (SSSR count). The average molecular weight is 275 g/mol. The van der Waals surface area contributed by atoms with Crippen molar-refractivity contribution in [2.45, 2.75) is 12.2 Å². The van der Waals surface area contributed by atoms with Crippen molar-refractivity contribution < 1.29 is 19.1 Å². The Hall–Kier alpha value is -2.11. The molecule has 1 aromatic carbocycles. The van der Waals surface area contributed by atoms with Gasteiger partial charge in [0, 0.05) is 7.11 Å². The number of rotatable bonds is 6. The highest BCUT2D eigenvalue weighted by atomic mass is 16.5. The van der Waals surface area contributed by atoms with E-state index in [4.69, 9.17) is 9.15 Å². The van der Waals surface area contributed by atoms with E-state index >= 15 is 0 Å². The van der Waals surface area contributed by atoms with E-state index in [-0.39, 0.29) is 12.5 Å². The number of furan rings is 1. The molecule has 1 amide bonds. The Bertz CT molecular complexity index is 524. The molecule has 0 spiro atoms. The third kappa shape index (κ3) is 3.46. The lowest BCUT2D eigenvalue weighted by Gasteiger charge is -2.16. The van der Waals surface area contributed by atoms with Crippen LogP contribution in [0.25, 0.3) is 0 Å². The number of aliphatic hydroxyl groups is 1. The van der Waals surface area contributed by atoms with Gasteiger partial charge in [0.05, 0.1) is 12.8 Å². The van der Waals surface area contributed by atoms with E-state index in [1.165, 1.54) is 13.4 Å².